The van der Waals surface area contributed by atoms with Gasteiger partial charge in [0.15, 0.2) is 0 Å². The maximum absolute atomic E-state index is 11.3. The molecule has 1 aromatic heterocycles. The van der Waals surface area contributed by atoms with E-state index in [4.69, 9.17) is 0 Å². The molecule has 1 N–H and O–H groups in total. The minimum Gasteiger partial charge on any atom is -0.268 e. The molecule has 0 radical (unpaired) electrons. The molecule has 0 bridgehead atoms. The zero-order chi connectivity index (χ0) is 20.6. The second-order valence-corrected chi connectivity index (χ2v) is 9.13. The standard InChI is InChI=1S/C25H38N2O/c1-19(11-7-13-22-17-24(28)27-26-18-22)9-6-10-20(2)14-15-23-21(3)12-8-16-25(23,4)5/h10-11,17-18H,6-9,12-16H2,1-5H3,(H,27,28)/b19-11+,20-10+. The van der Waals surface area contributed by atoms with E-state index in [-0.39, 0.29) is 5.56 Å². The average Bonchev–Trinajstić information content (AvgIpc) is 2.61. The van der Waals surface area contributed by atoms with Gasteiger partial charge >= 0.3 is 0 Å². The van der Waals surface area contributed by atoms with Gasteiger partial charge in [0.2, 0.25) is 0 Å². The highest BCUT2D eigenvalue weighted by atomic mass is 16.1. The summed E-state index contributed by atoms with van der Waals surface area (Å²) in [5.41, 5.74) is 7.55. The van der Waals surface area contributed by atoms with Gasteiger partial charge < -0.3 is 0 Å². The molecule has 0 spiro atoms. The molecule has 0 atom stereocenters. The van der Waals surface area contributed by atoms with Crippen LogP contribution >= 0.6 is 0 Å². The van der Waals surface area contributed by atoms with Gasteiger partial charge in [0.25, 0.3) is 5.56 Å². The number of aromatic amines is 1. The average molecular weight is 383 g/mol. The van der Waals surface area contributed by atoms with Crippen LogP contribution in [0.15, 0.2) is 51.5 Å². The van der Waals surface area contributed by atoms with Gasteiger partial charge in [-0.05, 0) is 89.5 Å². The Labute approximate surface area is 171 Å². The van der Waals surface area contributed by atoms with Crippen molar-refractivity contribution in [3.8, 4) is 0 Å². The van der Waals surface area contributed by atoms with E-state index in [9.17, 15) is 4.79 Å². The molecule has 0 saturated carbocycles. The highest BCUT2D eigenvalue weighted by Crippen LogP contribution is 2.42. The SMILES string of the molecule is CC1=C(CC/C(C)=C/CC/C(C)=C/CCc2cn[nH]c(=O)c2)C(C)(C)CCC1. The van der Waals surface area contributed by atoms with Gasteiger partial charge in [0.1, 0.15) is 0 Å². The third-order valence-electron chi connectivity index (χ3n) is 6.13. The van der Waals surface area contributed by atoms with Crippen LogP contribution in [-0.4, -0.2) is 10.2 Å². The largest absolute Gasteiger partial charge is 0.268 e. The molecule has 0 fully saturated rings. The fourth-order valence-corrected chi connectivity index (χ4v) is 4.34. The molecule has 0 unspecified atom stereocenters. The van der Waals surface area contributed by atoms with Crippen LogP contribution in [0.3, 0.4) is 0 Å². The second kappa shape index (κ2) is 10.6. The fourth-order valence-electron chi connectivity index (χ4n) is 4.34. The lowest BCUT2D eigenvalue weighted by atomic mass is 9.71. The van der Waals surface area contributed by atoms with Gasteiger partial charge in [-0.15, -0.1) is 0 Å². The third kappa shape index (κ3) is 7.26. The first kappa shape index (κ1) is 22.4. The van der Waals surface area contributed by atoms with Crippen molar-refractivity contribution in [2.75, 3.05) is 0 Å². The van der Waals surface area contributed by atoms with E-state index < -0.39 is 0 Å². The van der Waals surface area contributed by atoms with Crippen molar-refractivity contribution in [2.24, 2.45) is 5.41 Å². The van der Waals surface area contributed by atoms with Crippen molar-refractivity contribution in [3.05, 3.63) is 62.6 Å². The minimum absolute atomic E-state index is 0.124. The van der Waals surface area contributed by atoms with Crippen molar-refractivity contribution in [1.29, 1.82) is 0 Å². The Bertz CT molecular complexity index is 793. The van der Waals surface area contributed by atoms with E-state index >= 15 is 0 Å². The molecule has 28 heavy (non-hydrogen) atoms. The lowest BCUT2D eigenvalue weighted by Gasteiger charge is -2.35. The Morgan fingerprint density at radius 1 is 1.14 bits per heavy atom. The van der Waals surface area contributed by atoms with Crippen molar-refractivity contribution >= 4 is 0 Å². The summed E-state index contributed by atoms with van der Waals surface area (Å²) in [4.78, 5) is 11.3. The molecule has 154 valence electrons. The maximum Gasteiger partial charge on any atom is 0.264 e. The number of allylic oxidation sites excluding steroid dienone is 6. The highest BCUT2D eigenvalue weighted by molar-refractivity contribution is 5.23. The summed E-state index contributed by atoms with van der Waals surface area (Å²) >= 11 is 0. The molecule has 1 aliphatic rings. The van der Waals surface area contributed by atoms with E-state index in [1.165, 1.54) is 43.3 Å². The molecule has 0 saturated heterocycles. The lowest BCUT2D eigenvalue weighted by Crippen LogP contribution is -2.20. The Morgan fingerprint density at radius 2 is 1.86 bits per heavy atom. The number of rotatable bonds is 9. The highest BCUT2D eigenvalue weighted by Gasteiger charge is 2.27. The Balaban J connectivity index is 1.74. The first-order valence-corrected chi connectivity index (χ1v) is 10.8. The van der Waals surface area contributed by atoms with E-state index in [1.54, 1.807) is 23.4 Å². The van der Waals surface area contributed by atoms with E-state index in [2.05, 4.69) is 57.0 Å². The van der Waals surface area contributed by atoms with Gasteiger partial charge in [0.05, 0.1) is 6.20 Å². The Hall–Kier alpha value is -1.90. The summed E-state index contributed by atoms with van der Waals surface area (Å²) in [6.07, 6.45) is 16.9. The van der Waals surface area contributed by atoms with E-state index in [1.807, 2.05) is 0 Å². The number of H-pyrrole nitrogens is 1. The van der Waals surface area contributed by atoms with Crippen molar-refractivity contribution in [3.63, 3.8) is 0 Å². The van der Waals surface area contributed by atoms with Crippen LogP contribution in [0.4, 0.5) is 0 Å². The van der Waals surface area contributed by atoms with Crippen molar-refractivity contribution < 1.29 is 0 Å². The summed E-state index contributed by atoms with van der Waals surface area (Å²) in [5, 5.41) is 6.26. The number of nitrogens with one attached hydrogen (secondary N) is 1. The first-order chi connectivity index (χ1) is 13.3. The summed E-state index contributed by atoms with van der Waals surface area (Å²) in [6, 6.07) is 1.63. The molecule has 0 aromatic carbocycles. The maximum atomic E-state index is 11.3. The monoisotopic (exact) mass is 382 g/mol. The van der Waals surface area contributed by atoms with Gasteiger partial charge in [0, 0.05) is 6.07 Å². The summed E-state index contributed by atoms with van der Waals surface area (Å²) in [6.45, 7) is 11.7. The predicted octanol–water partition coefficient (Wildman–Crippen LogP) is 6.68. The van der Waals surface area contributed by atoms with Crippen LogP contribution < -0.4 is 5.56 Å². The number of nitrogens with zero attached hydrogens (tertiary/aromatic N) is 1. The molecule has 3 nitrogen and oxygen atoms in total. The molecule has 0 amide bonds. The summed E-state index contributed by atoms with van der Waals surface area (Å²) in [7, 11) is 0. The van der Waals surface area contributed by atoms with Crippen molar-refractivity contribution in [2.45, 2.75) is 92.4 Å². The van der Waals surface area contributed by atoms with Gasteiger partial charge in [-0.2, -0.15) is 5.10 Å². The number of hydrogen-bond donors (Lipinski definition) is 1. The Morgan fingerprint density at radius 3 is 2.57 bits per heavy atom. The van der Waals surface area contributed by atoms with Crippen LogP contribution in [0.25, 0.3) is 0 Å². The van der Waals surface area contributed by atoms with E-state index in [0.29, 0.717) is 5.41 Å². The third-order valence-corrected chi connectivity index (χ3v) is 6.13. The van der Waals surface area contributed by atoms with Gasteiger partial charge in [-0.25, -0.2) is 5.10 Å². The molecular weight excluding hydrogens is 344 g/mol. The van der Waals surface area contributed by atoms with Gasteiger partial charge in [-0.3, -0.25) is 4.79 Å². The number of hydrogen-bond acceptors (Lipinski definition) is 2. The zero-order valence-corrected chi connectivity index (χ0v) is 18.5. The smallest absolute Gasteiger partial charge is 0.264 e. The quantitative estimate of drug-likeness (QED) is 0.484. The summed E-state index contributed by atoms with van der Waals surface area (Å²) in [5.74, 6) is 0. The van der Waals surface area contributed by atoms with Crippen LogP contribution in [0.1, 0.15) is 91.5 Å². The normalized spacial score (nSPS) is 17.9. The molecule has 1 aliphatic carbocycles. The zero-order valence-electron chi connectivity index (χ0n) is 18.5. The van der Waals surface area contributed by atoms with Crippen LogP contribution in [0.5, 0.6) is 0 Å². The van der Waals surface area contributed by atoms with E-state index in [0.717, 1.165) is 31.2 Å². The van der Waals surface area contributed by atoms with Crippen LogP contribution in [0, 0.1) is 5.41 Å². The molecule has 0 aliphatic heterocycles. The molecule has 2 rings (SSSR count). The topological polar surface area (TPSA) is 45.8 Å². The Kier molecular flexibility index (Phi) is 8.47. The number of aryl methyl sites for hydroxylation is 1. The first-order valence-electron chi connectivity index (χ1n) is 10.8. The van der Waals surface area contributed by atoms with Gasteiger partial charge in [-0.1, -0.05) is 48.3 Å². The lowest BCUT2D eigenvalue weighted by molar-refractivity contribution is 0.354. The second-order valence-electron chi connectivity index (χ2n) is 9.13. The van der Waals surface area contributed by atoms with Crippen LogP contribution in [-0.2, 0) is 6.42 Å². The molecule has 3 heteroatoms. The molecule has 1 aromatic rings. The summed E-state index contributed by atoms with van der Waals surface area (Å²) < 4.78 is 0. The molecular formula is C25H38N2O. The fraction of sp³-hybridized carbons (Fsp3) is 0.600. The van der Waals surface area contributed by atoms with Crippen molar-refractivity contribution in [1.82, 2.24) is 10.2 Å². The molecule has 1 heterocycles. The number of aromatic nitrogens is 2. The van der Waals surface area contributed by atoms with Crippen LogP contribution in [0.2, 0.25) is 0 Å². The predicted molar refractivity (Wildman–Crippen MR) is 119 cm³/mol. The minimum atomic E-state index is -0.124.